The minimum atomic E-state index is 0.648. The van der Waals surface area contributed by atoms with Crippen molar-refractivity contribution in [1.82, 2.24) is 19.8 Å². The lowest BCUT2D eigenvalue weighted by molar-refractivity contribution is 0.303. The molecule has 0 radical (unpaired) electrons. The van der Waals surface area contributed by atoms with Gasteiger partial charge in [0, 0.05) is 25.5 Å². The van der Waals surface area contributed by atoms with E-state index in [2.05, 4.69) is 40.7 Å². The molecule has 4 heteroatoms. The van der Waals surface area contributed by atoms with Crippen LogP contribution in [0.15, 0.2) is 12.4 Å². The van der Waals surface area contributed by atoms with E-state index in [0.29, 0.717) is 6.04 Å². The third-order valence-electron chi connectivity index (χ3n) is 3.31. The molecular weight excluding hydrogens is 224 g/mol. The fraction of sp³-hybridized carbons (Fsp3) is 0.786. The van der Waals surface area contributed by atoms with Crippen LogP contribution in [0.1, 0.15) is 38.9 Å². The molecule has 0 saturated carbocycles. The number of hydrogen-bond donors (Lipinski definition) is 1. The molecule has 1 atom stereocenters. The van der Waals surface area contributed by atoms with Crippen LogP contribution in [0.2, 0.25) is 0 Å². The zero-order valence-corrected chi connectivity index (χ0v) is 12.3. The van der Waals surface area contributed by atoms with Crippen molar-refractivity contribution in [3.05, 3.63) is 18.2 Å². The first-order valence-corrected chi connectivity index (χ1v) is 7.01. The lowest BCUT2D eigenvalue weighted by Gasteiger charge is -2.17. The second-order valence-corrected chi connectivity index (χ2v) is 5.15. The monoisotopic (exact) mass is 252 g/mol. The zero-order valence-electron chi connectivity index (χ0n) is 12.3. The van der Waals surface area contributed by atoms with E-state index in [1.165, 1.54) is 19.3 Å². The molecule has 0 aromatic carbocycles. The van der Waals surface area contributed by atoms with E-state index in [9.17, 15) is 0 Å². The van der Waals surface area contributed by atoms with Crippen molar-refractivity contribution in [1.29, 1.82) is 0 Å². The van der Waals surface area contributed by atoms with E-state index in [4.69, 9.17) is 0 Å². The summed E-state index contributed by atoms with van der Waals surface area (Å²) in [7, 11) is 4.22. The number of aryl methyl sites for hydroxylation is 1. The van der Waals surface area contributed by atoms with Crippen molar-refractivity contribution >= 4 is 0 Å². The molecule has 1 unspecified atom stereocenters. The Bertz CT molecular complexity index is 321. The molecule has 0 aliphatic rings. The molecule has 0 aliphatic carbocycles. The quantitative estimate of drug-likeness (QED) is 0.683. The third-order valence-corrected chi connectivity index (χ3v) is 3.31. The summed E-state index contributed by atoms with van der Waals surface area (Å²) in [4.78, 5) is 6.70. The van der Waals surface area contributed by atoms with Gasteiger partial charge >= 0.3 is 0 Å². The second-order valence-electron chi connectivity index (χ2n) is 5.15. The van der Waals surface area contributed by atoms with Gasteiger partial charge in [0.2, 0.25) is 0 Å². The molecule has 1 rings (SSSR count). The number of unbranched alkanes of at least 4 members (excludes halogenated alkanes) is 1. The average molecular weight is 252 g/mol. The van der Waals surface area contributed by atoms with Gasteiger partial charge in [-0.05, 0) is 39.9 Å². The Morgan fingerprint density at radius 3 is 2.83 bits per heavy atom. The number of imidazole rings is 1. The van der Waals surface area contributed by atoms with Crippen LogP contribution in [-0.2, 0) is 13.6 Å². The van der Waals surface area contributed by atoms with E-state index in [-0.39, 0.29) is 0 Å². The minimum absolute atomic E-state index is 0.648. The number of nitrogens with one attached hydrogen (secondary N) is 1. The zero-order chi connectivity index (χ0) is 13.4. The SMILES string of the molecule is CCNC(C)CCCCN(C)Cc1nccn1C. The van der Waals surface area contributed by atoms with Gasteiger partial charge in [0.15, 0.2) is 0 Å². The van der Waals surface area contributed by atoms with Gasteiger partial charge in [-0.1, -0.05) is 13.3 Å². The first kappa shape index (κ1) is 15.2. The van der Waals surface area contributed by atoms with E-state index in [0.717, 1.165) is 25.5 Å². The third kappa shape index (κ3) is 5.65. The van der Waals surface area contributed by atoms with Crippen LogP contribution >= 0.6 is 0 Å². The van der Waals surface area contributed by atoms with Crippen LogP contribution in [0.4, 0.5) is 0 Å². The van der Waals surface area contributed by atoms with Crippen LogP contribution in [0.5, 0.6) is 0 Å². The molecule has 0 amide bonds. The maximum absolute atomic E-state index is 4.35. The summed E-state index contributed by atoms with van der Waals surface area (Å²) >= 11 is 0. The first-order valence-electron chi connectivity index (χ1n) is 7.01. The molecule has 1 aromatic heterocycles. The molecule has 18 heavy (non-hydrogen) atoms. The molecule has 0 fully saturated rings. The van der Waals surface area contributed by atoms with Gasteiger partial charge in [0.05, 0.1) is 6.54 Å². The molecule has 0 bridgehead atoms. The number of aromatic nitrogens is 2. The number of rotatable bonds is 9. The Kier molecular flexibility index (Phi) is 6.98. The van der Waals surface area contributed by atoms with Crippen molar-refractivity contribution in [2.45, 2.75) is 45.7 Å². The van der Waals surface area contributed by atoms with E-state index in [1.807, 2.05) is 19.4 Å². The number of hydrogen-bond acceptors (Lipinski definition) is 3. The van der Waals surface area contributed by atoms with Crippen molar-refractivity contribution in [2.24, 2.45) is 7.05 Å². The van der Waals surface area contributed by atoms with E-state index >= 15 is 0 Å². The fourth-order valence-corrected chi connectivity index (χ4v) is 2.15. The summed E-state index contributed by atoms with van der Waals surface area (Å²) in [6, 6.07) is 0.648. The maximum Gasteiger partial charge on any atom is 0.122 e. The van der Waals surface area contributed by atoms with Crippen LogP contribution in [0, 0.1) is 0 Å². The highest BCUT2D eigenvalue weighted by Gasteiger charge is 2.05. The van der Waals surface area contributed by atoms with Crippen molar-refractivity contribution in [3.63, 3.8) is 0 Å². The van der Waals surface area contributed by atoms with Crippen LogP contribution in [-0.4, -0.2) is 40.6 Å². The molecule has 1 N–H and O–H groups in total. The molecule has 0 saturated heterocycles. The normalized spacial score (nSPS) is 13.2. The maximum atomic E-state index is 4.35. The lowest BCUT2D eigenvalue weighted by Crippen LogP contribution is -2.26. The Labute approximate surface area is 111 Å². The standard InChI is InChI=1S/C14H28N4/c1-5-15-13(2)8-6-7-10-17(3)12-14-16-9-11-18(14)4/h9,11,13,15H,5-8,10,12H2,1-4H3. The Balaban J connectivity index is 2.10. The van der Waals surface area contributed by atoms with Crippen LogP contribution in [0.25, 0.3) is 0 Å². The number of nitrogens with zero attached hydrogens (tertiary/aromatic N) is 3. The highest BCUT2D eigenvalue weighted by Crippen LogP contribution is 2.04. The van der Waals surface area contributed by atoms with Crippen LogP contribution in [0.3, 0.4) is 0 Å². The smallest absolute Gasteiger partial charge is 0.122 e. The largest absolute Gasteiger partial charge is 0.337 e. The van der Waals surface area contributed by atoms with Gasteiger partial charge in [-0.25, -0.2) is 4.98 Å². The minimum Gasteiger partial charge on any atom is -0.337 e. The first-order chi connectivity index (χ1) is 8.63. The summed E-state index contributed by atoms with van der Waals surface area (Å²) in [6.45, 7) is 7.58. The Hall–Kier alpha value is -0.870. The molecule has 1 aromatic rings. The highest BCUT2D eigenvalue weighted by atomic mass is 15.1. The molecule has 1 heterocycles. The van der Waals surface area contributed by atoms with Gasteiger partial charge in [0.25, 0.3) is 0 Å². The van der Waals surface area contributed by atoms with Crippen molar-refractivity contribution in [3.8, 4) is 0 Å². The van der Waals surface area contributed by atoms with Crippen LogP contribution < -0.4 is 5.32 Å². The predicted octanol–water partition coefficient (Wildman–Crippen LogP) is 2.02. The highest BCUT2D eigenvalue weighted by molar-refractivity contribution is 4.90. The van der Waals surface area contributed by atoms with Gasteiger partial charge in [-0.3, -0.25) is 4.90 Å². The van der Waals surface area contributed by atoms with E-state index in [1.54, 1.807) is 0 Å². The Morgan fingerprint density at radius 1 is 1.44 bits per heavy atom. The topological polar surface area (TPSA) is 33.1 Å². The van der Waals surface area contributed by atoms with Crippen molar-refractivity contribution in [2.75, 3.05) is 20.1 Å². The van der Waals surface area contributed by atoms with Gasteiger partial charge in [-0.15, -0.1) is 0 Å². The molecule has 104 valence electrons. The van der Waals surface area contributed by atoms with Gasteiger partial charge in [-0.2, -0.15) is 0 Å². The fourth-order valence-electron chi connectivity index (χ4n) is 2.15. The summed E-state index contributed by atoms with van der Waals surface area (Å²) in [5, 5.41) is 3.45. The summed E-state index contributed by atoms with van der Waals surface area (Å²) in [6.07, 6.45) is 7.68. The van der Waals surface area contributed by atoms with Gasteiger partial charge in [0.1, 0.15) is 5.82 Å². The molecule has 0 aliphatic heterocycles. The van der Waals surface area contributed by atoms with E-state index < -0.39 is 0 Å². The lowest BCUT2D eigenvalue weighted by atomic mass is 10.1. The Morgan fingerprint density at radius 2 is 2.22 bits per heavy atom. The molecular formula is C14H28N4. The predicted molar refractivity (Wildman–Crippen MR) is 76.5 cm³/mol. The summed E-state index contributed by atoms with van der Waals surface area (Å²) < 4.78 is 2.09. The average Bonchev–Trinajstić information content (AvgIpc) is 2.71. The molecule has 0 spiro atoms. The summed E-state index contributed by atoms with van der Waals surface area (Å²) in [5.74, 6) is 1.14. The van der Waals surface area contributed by atoms with Crippen molar-refractivity contribution < 1.29 is 0 Å². The van der Waals surface area contributed by atoms with Gasteiger partial charge < -0.3 is 9.88 Å². The second kappa shape index (κ2) is 8.27. The summed E-state index contributed by atoms with van der Waals surface area (Å²) in [5.41, 5.74) is 0. The molecule has 4 nitrogen and oxygen atoms in total.